The average Bonchev–Trinajstić information content (AvgIpc) is 2.54. The molecule has 0 fully saturated rings. The van der Waals surface area contributed by atoms with Gasteiger partial charge in [0, 0.05) is 0 Å². The van der Waals surface area contributed by atoms with Crippen molar-refractivity contribution < 1.29 is 23.9 Å². The molecule has 2 aromatic carbocycles. The lowest BCUT2D eigenvalue weighted by Crippen LogP contribution is -2.36. The number of nitrogens with two attached hydrogens (primary N) is 1. The molecule has 0 unspecified atom stereocenters. The fourth-order valence-corrected chi connectivity index (χ4v) is 2.80. The molecule has 0 heterocycles. The molecule has 128 valence electrons. The Labute approximate surface area is 140 Å². The van der Waals surface area contributed by atoms with Crippen molar-refractivity contribution in [3.63, 3.8) is 0 Å². The number of esters is 1. The number of ether oxygens (including phenoxy) is 1. The molecule has 0 aliphatic heterocycles. The molecule has 4 N–H and O–H groups in total. The largest absolute Gasteiger partial charge is 0.425 e. The number of aryl methyl sites for hydroxylation is 1. The number of rotatable bonds is 7. The van der Waals surface area contributed by atoms with Gasteiger partial charge < -0.3 is 20.3 Å². The zero-order valence-corrected chi connectivity index (χ0v) is 13.9. The van der Waals surface area contributed by atoms with E-state index in [2.05, 4.69) is 0 Å². The standard InChI is InChI=1S/C17H20NO5P/c18-16(17(19)23-15-8-2-1-3-9-15)12-14-7-5-4-6-13(14)10-11-24(20,21)22/h1-9,16H,10-12,18H2,(H2,20,21,22)/t16-/m0/s1. The summed E-state index contributed by atoms with van der Waals surface area (Å²) in [5.74, 6) is -0.126. The summed E-state index contributed by atoms with van der Waals surface area (Å²) in [5.41, 5.74) is 7.47. The average molecular weight is 349 g/mol. The van der Waals surface area contributed by atoms with Crippen molar-refractivity contribution in [2.75, 3.05) is 6.16 Å². The van der Waals surface area contributed by atoms with Crippen LogP contribution in [0.1, 0.15) is 11.1 Å². The summed E-state index contributed by atoms with van der Waals surface area (Å²) in [5, 5.41) is 0. The summed E-state index contributed by atoms with van der Waals surface area (Å²) in [6, 6.07) is 15.0. The molecule has 7 heteroatoms. The van der Waals surface area contributed by atoms with E-state index in [1.165, 1.54) is 0 Å². The number of hydrogen-bond donors (Lipinski definition) is 3. The van der Waals surface area contributed by atoms with Gasteiger partial charge in [-0.15, -0.1) is 0 Å². The van der Waals surface area contributed by atoms with Crippen LogP contribution in [0.3, 0.4) is 0 Å². The highest BCUT2D eigenvalue weighted by Crippen LogP contribution is 2.35. The normalized spacial score (nSPS) is 12.6. The van der Waals surface area contributed by atoms with Crippen LogP contribution in [0, 0.1) is 0 Å². The first-order chi connectivity index (χ1) is 11.3. The highest BCUT2D eigenvalue weighted by molar-refractivity contribution is 7.51. The summed E-state index contributed by atoms with van der Waals surface area (Å²) in [6.07, 6.45) is 0.220. The van der Waals surface area contributed by atoms with Crippen LogP contribution in [-0.2, 0) is 22.2 Å². The van der Waals surface area contributed by atoms with Gasteiger partial charge in [-0.05, 0) is 36.1 Å². The minimum Gasteiger partial charge on any atom is -0.425 e. The first kappa shape index (κ1) is 18.4. The SMILES string of the molecule is N[C@@H](Cc1ccccc1CCP(=O)(O)O)C(=O)Oc1ccccc1. The van der Waals surface area contributed by atoms with E-state index in [9.17, 15) is 9.36 Å². The lowest BCUT2D eigenvalue weighted by atomic mass is 9.99. The van der Waals surface area contributed by atoms with Crippen LogP contribution in [0.2, 0.25) is 0 Å². The van der Waals surface area contributed by atoms with Crippen LogP contribution in [0.15, 0.2) is 54.6 Å². The van der Waals surface area contributed by atoms with E-state index < -0.39 is 19.6 Å². The number of para-hydroxylation sites is 1. The van der Waals surface area contributed by atoms with Crippen molar-refractivity contribution in [2.24, 2.45) is 5.73 Å². The van der Waals surface area contributed by atoms with E-state index in [-0.39, 0.29) is 19.0 Å². The maximum absolute atomic E-state index is 12.1. The third-order valence-corrected chi connectivity index (χ3v) is 4.30. The highest BCUT2D eigenvalue weighted by atomic mass is 31.2. The summed E-state index contributed by atoms with van der Waals surface area (Å²) in [7, 11) is -4.07. The Kier molecular flexibility index (Phi) is 6.29. The zero-order valence-electron chi connectivity index (χ0n) is 13.0. The second kappa shape index (κ2) is 8.22. The molecule has 2 rings (SSSR count). The topological polar surface area (TPSA) is 110 Å². The predicted molar refractivity (Wildman–Crippen MR) is 90.8 cm³/mol. The van der Waals surface area contributed by atoms with Gasteiger partial charge in [-0.2, -0.15) is 0 Å². The summed E-state index contributed by atoms with van der Waals surface area (Å²) in [4.78, 5) is 30.1. The molecule has 0 aliphatic rings. The second-order valence-electron chi connectivity index (χ2n) is 5.45. The third kappa shape index (κ3) is 5.91. The van der Waals surface area contributed by atoms with Gasteiger partial charge >= 0.3 is 13.6 Å². The molecule has 0 spiro atoms. The highest BCUT2D eigenvalue weighted by Gasteiger charge is 2.19. The fraction of sp³-hybridized carbons (Fsp3) is 0.235. The predicted octanol–water partition coefficient (Wildman–Crippen LogP) is 1.88. The summed E-state index contributed by atoms with van der Waals surface area (Å²) < 4.78 is 16.3. The molecule has 0 amide bonds. The van der Waals surface area contributed by atoms with Crippen molar-refractivity contribution in [3.8, 4) is 5.75 Å². The Morgan fingerprint density at radius 3 is 2.25 bits per heavy atom. The van der Waals surface area contributed by atoms with E-state index in [0.717, 1.165) is 11.1 Å². The first-order valence-electron chi connectivity index (χ1n) is 7.49. The number of carbonyl (C=O) groups is 1. The quantitative estimate of drug-likeness (QED) is 0.400. The molecular formula is C17H20NO5P. The minimum atomic E-state index is -4.07. The Morgan fingerprint density at radius 1 is 1.04 bits per heavy atom. The molecule has 0 saturated heterocycles. The minimum absolute atomic E-state index is 0.223. The zero-order chi connectivity index (χ0) is 17.6. The van der Waals surface area contributed by atoms with Gasteiger partial charge in [-0.25, -0.2) is 4.79 Å². The van der Waals surface area contributed by atoms with Crippen LogP contribution < -0.4 is 10.5 Å². The molecule has 0 bridgehead atoms. The van der Waals surface area contributed by atoms with Crippen LogP contribution in [0.4, 0.5) is 0 Å². The van der Waals surface area contributed by atoms with Crippen molar-refractivity contribution in [1.29, 1.82) is 0 Å². The van der Waals surface area contributed by atoms with Gasteiger partial charge in [-0.3, -0.25) is 4.57 Å². The Hall–Kier alpha value is -1.98. The van der Waals surface area contributed by atoms with Crippen LogP contribution in [-0.4, -0.2) is 28.0 Å². The van der Waals surface area contributed by atoms with Crippen molar-refractivity contribution in [2.45, 2.75) is 18.9 Å². The fourth-order valence-electron chi connectivity index (χ4n) is 2.27. The van der Waals surface area contributed by atoms with Crippen molar-refractivity contribution in [3.05, 3.63) is 65.7 Å². The maximum atomic E-state index is 12.1. The molecule has 0 saturated carbocycles. The van der Waals surface area contributed by atoms with Crippen molar-refractivity contribution >= 4 is 13.6 Å². The Balaban J connectivity index is 2.02. The van der Waals surface area contributed by atoms with Gasteiger partial charge in [0.15, 0.2) is 0 Å². The molecule has 2 aromatic rings. The Morgan fingerprint density at radius 2 is 1.62 bits per heavy atom. The van der Waals surface area contributed by atoms with Gasteiger partial charge in [0.1, 0.15) is 11.8 Å². The van der Waals surface area contributed by atoms with E-state index in [4.69, 9.17) is 20.3 Å². The van der Waals surface area contributed by atoms with E-state index in [1.807, 2.05) is 6.07 Å². The van der Waals surface area contributed by atoms with E-state index in [1.54, 1.807) is 48.5 Å². The molecule has 24 heavy (non-hydrogen) atoms. The third-order valence-electron chi connectivity index (χ3n) is 3.50. The number of carbonyl (C=O) groups excluding carboxylic acids is 1. The molecule has 0 radical (unpaired) electrons. The monoisotopic (exact) mass is 349 g/mol. The van der Waals surface area contributed by atoms with Gasteiger partial charge in [0.2, 0.25) is 0 Å². The second-order valence-corrected chi connectivity index (χ2v) is 7.23. The molecule has 0 aromatic heterocycles. The molecule has 6 nitrogen and oxygen atoms in total. The maximum Gasteiger partial charge on any atom is 0.328 e. The van der Waals surface area contributed by atoms with Crippen molar-refractivity contribution in [1.82, 2.24) is 0 Å². The summed E-state index contributed by atoms with van der Waals surface area (Å²) in [6.45, 7) is 0. The lowest BCUT2D eigenvalue weighted by Gasteiger charge is -2.14. The molecule has 0 aliphatic carbocycles. The van der Waals surface area contributed by atoms with E-state index in [0.29, 0.717) is 5.75 Å². The van der Waals surface area contributed by atoms with Crippen LogP contribution >= 0.6 is 7.60 Å². The van der Waals surface area contributed by atoms with Gasteiger partial charge in [0.25, 0.3) is 0 Å². The number of benzene rings is 2. The number of hydrogen-bond acceptors (Lipinski definition) is 4. The van der Waals surface area contributed by atoms with Crippen LogP contribution in [0.25, 0.3) is 0 Å². The van der Waals surface area contributed by atoms with Gasteiger partial charge in [-0.1, -0.05) is 42.5 Å². The lowest BCUT2D eigenvalue weighted by molar-refractivity contribution is -0.135. The summed E-state index contributed by atoms with van der Waals surface area (Å²) >= 11 is 0. The van der Waals surface area contributed by atoms with Gasteiger partial charge in [0.05, 0.1) is 6.16 Å². The first-order valence-corrected chi connectivity index (χ1v) is 9.28. The van der Waals surface area contributed by atoms with E-state index >= 15 is 0 Å². The molecular weight excluding hydrogens is 329 g/mol. The van der Waals surface area contributed by atoms with Crippen LogP contribution in [0.5, 0.6) is 5.75 Å². The molecule has 1 atom stereocenters. The Bertz CT molecular complexity index is 729. The smallest absolute Gasteiger partial charge is 0.328 e.